The van der Waals surface area contributed by atoms with Crippen LogP contribution in [0.25, 0.3) is 0 Å². The molecule has 0 aliphatic carbocycles. The van der Waals surface area contributed by atoms with E-state index in [0.29, 0.717) is 15.6 Å². The molecule has 1 aromatic rings. The molecule has 6 nitrogen and oxygen atoms in total. The number of benzene rings is 1. The van der Waals surface area contributed by atoms with Crippen LogP contribution in [0.2, 0.25) is 5.02 Å². The van der Waals surface area contributed by atoms with E-state index < -0.39 is 11.8 Å². The van der Waals surface area contributed by atoms with Gasteiger partial charge in [-0.15, -0.1) is 0 Å². The molecule has 0 fully saturated rings. The third-order valence-electron chi connectivity index (χ3n) is 3.18. The molecule has 116 valence electrons. The number of primary amides is 1. The summed E-state index contributed by atoms with van der Waals surface area (Å²) in [6.07, 6.45) is 0. The summed E-state index contributed by atoms with van der Waals surface area (Å²) in [6, 6.07) is 11.0. The lowest BCUT2D eigenvalue weighted by Crippen LogP contribution is -2.30. The Balaban J connectivity index is 2.59. The molecule has 1 heterocycles. The Labute approximate surface area is 142 Å². The van der Waals surface area contributed by atoms with E-state index >= 15 is 0 Å². The summed E-state index contributed by atoms with van der Waals surface area (Å²) in [5, 5.41) is 22.6. The van der Waals surface area contributed by atoms with E-state index in [1.54, 1.807) is 24.3 Å². The maximum absolute atomic E-state index is 11.0. The number of dihydropyridines is 1. The van der Waals surface area contributed by atoms with Crippen LogP contribution in [0.3, 0.4) is 0 Å². The highest BCUT2D eigenvalue weighted by Crippen LogP contribution is 2.41. The molecule has 23 heavy (non-hydrogen) atoms. The number of nitriles is 2. The average molecular weight is 346 g/mol. The standard InChI is InChI=1S/C15H12ClN5OS/c16-11-4-2-1-3-8(11)13-9(5-17)14(20)21-15(10(13)6-18)23-7-12(19)22/h1-4,13,21H,7,20H2,(H2,19,22)/t13-/m1/s1. The fourth-order valence-electron chi connectivity index (χ4n) is 2.21. The second kappa shape index (κ2) is 7.10. The molecular formula is C15H12ClN5OS. The van der Waals surface area contributed by atoms with Crippen molar-refractivity contribution in [2.75, 3.05) is 5.75 Å². The van der Waals surface area contributed by atoms with Crippen molar-refractivity contribution in [1.29, 1.82) is 10.5 Å². The number of rotatable bonds is 4. The topological polar surface area (TPSA) is 129 Å². The van der Waals surface area contributed by atoms with Crippen LogP contribution in [0.1, 0.15) is 11.5 Å². The van der Waals surface area contributed by atoms with Crippen LogP contribution >= 0.6 is 23.4 Å². The van der Waals surface area contributed by atoms with Crippen molar-refractivity contribution in [3.63, 3.8) is 0 Å². The zero-order chi connectivity index (χ0) is 17.0. The monoisotopic (exact) mass is 345 g/mol. The van der Waals surface area contributed by atoms with Crippen LogP contribution in [0.4, 0.5) is 0 Å². The zero-order valence-electron chi connectivity index (χ0n) is 11.8. The predicted octanol–water partition coefficient (Wildman–Crippen LogP) is 1.67. The second-order valence-corrected chi connectivity index (χ2v) is 6.02. The van der Waals surface area contributed by atoms with Gasteiger partial charge < -0.3 is 16.8 Å². The molecule has 1 atom stereocenters. The zero-order valence-corrected chi connectivity index (χ0v) is 13.4. The van der Waals surface area contributed by atoms with E-state index in [-0.39, 0.29) is 22.7 Å². The molecule has 1 aliphatic heterocycles. The van der Waals surface area contributed by atoms with Crippen LogP contribution in [0.5, 0.6) is 0 Å². The lowest BCUT2D eigenvalue weighted by atomic mass is 9.84. The molecule has 0 saturated carbocycles. The molecule has 5 N–H and O–H groups in total. The molecule has 8 heteroatoms. The van der Waals surface area contributed by atoms with Gasteiger partial charge in [-0.05, 0) is 11.6 Å². The maximum atomic E-state index is 11.0. The van der Waals surface area contributed by atoms with Gasteiger partial charge in [0, 0.05) is 5.02 Å². The number of nitrogens with one attached hydrogen (secondary N) is 1. The van der Waals surface area contributed by atoms with E-state index in [1.165, 1.54) is 0 Å². The molecular weight excluding hydrogens is 334 g/mol. The third-order valence-corrected chi connectivity index (χ3v) is 4.56. The number of carbonyl (C=O) groups is 1. The molecule has 0 bridgehead atoms. The molecule has 0 radical (unpaired) electrons. The number of hydrogen-bond acceptors (Lipinski definition) is 6. The van der Waals surface area contributed by atoms with Crippen molar-refractivity contribution in [1.82, 2.24) is 5.32 Å². The summed E-state index contributed by atoms with van der Waals surface area (Å²) < 4.78 is 0. The molecule has 1 aromatic carbocycles. The van der Waals surface area contributed by atoms with E-state index in [0.717, 1.165) is 11.8 Å². The minimum Gasteiger partial charge on any atom is -0.384 e. The molecule has 0 spiro atoms. The highest BCUT2D eigenvalue weighted by molar-refractivity contribution is 8.03. The summed E-state index contributed by atoms with van der Waals surface area (Å²) in [5.74, 6) is -1.10. The van der Waals surface area contributed by atoms with Gasteiger partial charge in [-0.25, -0.2) is 0 Å². The van der Waals surface area contributed by atoms with Crippen molar-refractivity contribution in [3.05, 3.63) is 56.8 Å². The molecule has 1 amide bonds. The predicted molar refractivity (Wildman–Crippen MR) is 88.4 cm³/mol. The van der Waals surface area contributed by atoms with Crippen LogP contribution < -0.4 is 16.8 Å². The fourth-order valence-corrected chi connectivity index (χ4v) is 3.24. The molecule has 1 aliphatic rings. The lowest BCUT2D eigenvalue weighted by molar-refractivity contribution is -0.115. The summed E-state index contributed by atoms with van der Waals surface area (Å²) in [5.41, 5.74) is 12.1. The van der Waals surface area contributed by atoms with Crippen molar-refractivity contribution in [3.8, 4) is 12.1 Å². The molecule has 0 unspecified atom stereocenters. The largest absolute Gasteiger partial charge is 0.384 e. The van der Waals surface area contributed by atoms with Gasteiger partial charge in [0.2, 0.25) is 5.91 Å². The first-order valence-corrected chi connectivity index (χ1v) is 7.82. The highest BCUT2D eigenvalue weighted by Gasteiger charge is 2.32. The van der Waals surface area contributed by atoms with Crippen molar-refractivity contribution in [2.45, 2.75) is 5.92 Å². The third kappa shape index (κ3) is 3.42. The van der Waals surface area contributed by atoms with Crippen LogP contribution in [0.15, 0.2) is 46.3 Å². The number of nitrogens with two attached hydrogens (primary N) is 2. The first-order valence-electron chi connectivity index (χ1n) is 6.46. The summed E-state index contributed by atoms with van der Waals surface area (Å²) in [7, 11) is 0. The van der Waals surface area contributed by atoms with Crippen molar-refractivity contribution < 1.29 is 4.79 Å². The minimum atomic E-state index is -0.685. The van der Waals surface area contributed by atoms with Gasteiger partial charge in [-0.3, -0.25) is 4.79 Å². The minimum absolute atomic E-state index is 0.0160. The summed E-state index contributed by atoms with van der Waals surface area (Å²) >= 11 is 7.28. The number of thioether (sulfide) groups is 1. The van der Waals surface area contributed by atoms with Gasteiger partial charge in [0.1, 0.15) is 5.82 Å². The maximum Gasteiger partial charge on any atom is 0.227 e. The van der Waals surface area contributed by atoms with E-state index in [4.69, 9.17) is 23.1 Å². The van der Waals surface area contributed by atoms with Gasteiger partial charge in [0.15, 0.2) is 0 Å². The number of nitrogens with zero attached hydrogens (tertiary/aromatic N) is 2. The first-order chi connectivity index (χ1) is 11.0. The average Bonchev–Trinajstić information content (AvgIpc) is 2.52. The van der Waals surface area contributed by atoms with Gasteiger partial charge in [-0.1, -0.05) is 41.6 Å². The Morgan fingerprint density at radius 2 is 1.96 bits per heavy atom. The van der Waals surface area contributed by atoms with Crippen molar-refractivity contribution in [2.24, 2.45) is 11.5 Å². The Morgan fingerprint density at radius 3 is 2.52 bits per heavy atom. The van der Waals surface area contributed by atoms with E-state index in [2.05, 4.69) is 11.4 Å². The van der Waals surface area contributed by atoms with Crippen molar-refractivity contribution >= 4 is 29.3 Å². The van der Waals surface area contributed by atoms with E-state index in [9.17, 15) is 15.3 Å². The first kappa shape index (κ1) is 16.8. The van der Waals surface area contributed by atoms with E-state index in [1.807, 2.05) is 6.07 Å². The van der Waals surface area contributed by atoms with Gasteiger partial charge in [0.05, 0.1) is 40.0 Å². The number of allylic oxidation sites excluding steroid dienone is 2. The van der Waals surface area contributed by atoms with Crippen LogP contribution in [-0.4, -0.2) is 11.7 Å². The van der Waals surface area contributed by atoms with Gasteiger partial charge >= 0.3 is 0 Å². The normalized spacial score (nSPS) is 17.3. The number of carbonyl (C=O) groups excluding carboxylic acids is 1. The Bertz CT molecular complexity index is 803. The molecule has 2 rings (SSSR count). The second-order valence-electron chi connectivity index (χ2n) is 4.63. The Hall–Kier alpha value is -2.61. The smallest absolute Gasteiger partial charge is 0.227 e. The fraction of sp³-hybridized carbons (Fsp3) is 0.133. The summed E-state index contributed by atoms with van der Waals surface area (Å²) in [6.45, 7) is 0. The number of amides is 1. The SMILES string of the molecule is N#CC1=C(N)NC(SCC(N)=O)=C(C#N)[C@@H]1c1ccccc1Cl. The Kier molecular flexibility index (Phi) is 5.17. The molecule has 0 aromatic heterocycles. The number of halogens is 1. The Morgan fingerprint density at radius 1 is 1.30 bits per heavy atom. The summed E-state index contributed by atoms with van der Waals surface area (Å²) in [4.78, 5) is 11.0. The van der Waals surface area contributed by atoms with Gasteiger partial charge in [-0.2, -0.15) is 10.5 Å². The van der Waals surface area contributed by atoms with Crippen LogP contribution in [0, 0.1) is 22.7 Å². The quantitative estimate of drug-likeness (QED) is 0.761. The van der Waals surface area contributed by atoms with Crippen LogP contribution in [-0.2, 0) is 4.79 Å². The lowest BCUT2D eigenvalue weighted by Gasteiger charge is -2.27. The number of hydrogen-bond donors (Lipinski definition) is 3. The molecule has 0 saturated heterocycles. The van der Waals surface area contributed by atoms with Gasteiger partial charge in [0.25, 0.3) is 0 Å². The highest BCUT2D eigenvalue weighted by atomic mass is 35.5.